The van der Waals surface area contributed by atoms with Crippen molar-refractivity contribution >= 4 is 34.3 Å². The van der Waals surface area contributed by atoms with Crippen LogP contribution in [0, 0.1) is 6.92 Å². The molecule has 0 saturated carbocycles. The predicted molar refractivity (Wildman–Crippen MR) is 111 cm³/mol. The highest BCUT2D eigenvalue weighted by molar-refractivity contribution is 7.15. The molecule has 0 spiro atoms. The van der Waals surface area contributed by atoms with Crippen molar-refractivity contribution in [2.24, 2.45) is 0 Å². The molecule has 3 aromatic rings. The zero-order valence-electron chi connectivity index (χ0n) is 16.3. The van der Waals surface area contributed by atoms with Gasteiger partial charge < -0.3 is 15.2 Å². The number of rotatable bonds is 6. The topological polar surface area (TPSA) is 113 Å². The number of likely N-dealkylation sites (tertiary alicyclic amines) is 1. The van der Waals surface area contributed by atoms with E-state index < -0.39 is 0 Å². The summed E-state index contributed by atoms with van der Waals surface area (Å²) in [6, 6.07) is 1.83. The zero-order valence-corrected chi connectivity index (χ0v) is 17.1. The summed E-state index contributed by atoms with van der Waals surface area (Å²) in [6.07, 6.45) is 9.24. The quantitative estimate of drug-likeness (QED) is 0.601. The number of imidazole rings is 1. The fraction of sp³-hybridized carbons (Fsp3) is 0.368. The van der Waals surface area contributed by atoms with Gasteiger partial charge in [-0.25, -0.2) is 15.0 Å². The minimum absolute atomic E-state index is 0.0374. The molecule has 1 aliphatic rings. The van der Waals surface area contributed by atoms with Crippen LogP contribution in [-0.4, -0.2) is 47.5 Å². The number of aromatic nitrogens is 6. The Morgan fingerprint density at radius 3 is 3.07 bits per heavy atom. The summed E-state index contributed by atoms with van der Waals surface area (Å²) in [5, 5.41) is 13.2. The van der Waals surface area contributed by atoms with Gasteiger partial charge in [0.1, 0.15) is 16.6 Å². The molecule has 0 radical (unpaired) electrons. The van der Waals surface area contributed by atoms with E-state index in [0.29, 0.717) is 23.3 Å². The van der Waals surface area contributed by atoms with Crippen LogP contribution in [0.1, 0.15) is 48.0 Å². The Bertz CT molecular complexity index is 1010. The average Bonchev–Trinajstić information content (AvgIpc) is 3.46. The number of amides is 1. The third-order valence-corrected chi connectivity index (χ3v) is 5.65. The van der Waals surface area contributed by atoms with Crippen molar-refractivity contribution in [3.05, 3.63) is 46.9 Å². The van der Waals surface area contributed by atoms with Crippen molar-refractivity contribution in [3.63, 3.8) is 0 Å². The number of anilines is 2. The average molecular weight is 411 g/mol. The molecule has 9 nitrogen and oxygen atoms in total. The Balaban J connectivity index is 1.53. The molecular weight excluding hydrogens is 388 g/mol. The fourth-order valence-electron chi connectivity index (χ4n) is 3.33. The third kappa shape index (κ3) is 4.48. The molecular formula is C19H22N8OS. The summed E-state index contributed by atoms with van der Waals surface area (Å²) in [7, 11) is 0. The smallest absolute Gasteiger partial charge is 0.247 e. The van der Waals surface area contributed by atoms with Gasteiger partial charge in [0.25, 0.3) is 0 Å². The van der Waals surface area contributed by atoms with E-state index in [1.165, 1.54) is 11.3 Å². The van der Waals surface area contributed by atoms with Gasteiger partial charge in [0.05, 0.1) is 30.0 Å². The first-order valence-corrected chi connectivity index (χ1v) is 10.4. The first kappa shape index (κ1) is 19.2. The number of H-pyrrole nitrogens is 1. The Hall–Kier alpha value is -3.14. The van der Waals surface area contributed by atoms with Gasteiger partial charge in [-0.3, -0.25) is 4.79 Å². The molecule has 3 aromatic heterocycles. The number of carbonyl (C=O) groups is 1. The van der Waals surface area contributed by atoms with E-state index in [4.69, 9.17) is 0 Å². The summed E-state index contributed by atoms with van der Waals surface area (Å²) in [4.78, 5) is 30.6. The zero-order chi connectivity index (χ0) is 20.2. The van der Waals surface area contributed by atoms with Crippen LogP contribution in [-0.2, 0) is 11.2 Å². The molecule has 1 atom stereocenters. The van der Waals surface area contributed by atoms with Crippen molar-refractivity contribution in [1.29, 1.82) is 0 Å². The first-order valence-electron chi connectivity index (χ1n) is 9.54. The molecule has 0 bridgehead atoms. The number of aryl methyl sites for hydroxylation is 2. The standard InChI is InChI=1S/C19H22N8OS/c1-3-17-25-26-19(29-17)24-16-9-14(22-12(2)23-16)15-5-4-8-27(15)18(28)7-6-13-10-20-11-21-13/h6-7,9-11,15H,3-5,8H2,1-2H3,(H,20,21)(H,22,23,24,26)/b7-6+/t15-/m1/s1. The van der Waals surface area contributed by atoms with Crippen LogP contribution >= 0.6 is 11.3 Å². The van der Waals surface area contributed by atoms with Gasteiger partial charge in [-0.05, 0) is 32.3 Å². The van der Waals surface area contributed by atoms with E-state index in [0.717, 1.165) is 35.7 Å². The van der Waals surface area contributed by atoms with Gasteiger partial charge in [0.15, 0.2) is 0 Å². The van der Waals surface area contributed by atoms with Gasteiger partial charge in [-0.2, -0.15) is 0 Å². The lowest BCUT2D eigenvalue weighted by molar-refractivity contribution is -0.126. The molecule has 2 N–H and O–H groups in total. The molecule has 1 saturated heterocycles. The monoisotopic (exact) mass is 410 g/mol. The second-order valence-corrected chi connectivity index (χ2v) is 7.80. The Labute approximate surface area is 172 Å². The van der Waals surface area contributed by atoms with E-state index in [-0.39, 0.29) is 11.9 Å². The molecule has 0 aromatic carbocycles. The summed E-state index contributed by atoms with van der Waals surface area (Å²) >= 11 is 1.51. The van der Waals surface area contributed by atoms with Gasteiger partial charge >= 0.3 is 0 Å². The normalized spacial score (nSPS) is 16.6. The lowest BCUT2D eigenvalue weighted by atomic mass is 10.1. The second kappa shape index (κ2) is 8.48. The van der Waals surface area contributed by atoms with Crippen LogP contribution in [0.4, 0.5) is 10.9 Å². The van der Waals surface area contributed by atoms with Gasteiger partial charge in [-0.15, -0.1) is 10.2 Å². The molecule has 150 valence electrons. The van der Waals surface area contributed by atoms with E-state index in [9.17, 15) is 4.79 Å². The molecule has 0 aliphatic carbocycles. The number of nitrogens with zero attached hydrogens (tertiary/aromatic N) is 6. The second-order valence-electron chi connectivity index (χ2n) is 6.73. The van der Waals surface area contributed by atoms with Gasteiger partial charge in [-0.1, -0.05) is 18.3 Å². The number of carbonyl (C=O) groups excluding carboxylic acids is 1. The van der Waals surface area contributed by atoms with Crippen LogP contribution in [0.2, 0.25) is 0 Å². The molecule has 29 heavy (non-hydrogen) atoms. The molecule has 4 rings (SSSR count). The van der Waals surface area contributed by atoms with Crippen molar-refractivity contribution < 1.29 is 4.79 Å². The van der Waals surface area contributed by atoms with Gasteiger partial charge in [0.2, 0.25) is 11.0 Å². The van der Waals surface area contributed by atoms with Crippen molar-refractivity contribution in [3.8, 4) is 0 Å². The number of hydrogen-bond donors (Lipinski definition) is 2. The summed E-state index contributed by atoms with van der Waals surface area (Å²) in [6.45, 7) is 4.61. The number of hydrogen-bond acceptors (Lipinski definition) is 8. The highest BCUT2D eigenvalue weighted by atomic mass is 32.1. The lowest BCUT2D eigenvalue weighted by Crippen LogP contribution is -2.29. The molecule has 1 aliphatic heterocycles. The van der Waals surface area contributed by atoms with Crippen molar-refractivity contribution in [2.75, 3.05) is 11.9 Å². The number of aromatic amines is 1. The van der Waals surface area contributed by atoms with Crippen LogP contribution in [0.3, 0.4) is 0 Å². The summed E-state index contributed by atoms with van der Waals surface area (Å²) in [5.74, 6) is 1.28. The SMILES string of the molecule is CCc1nnc(Nc2cc([C@H]3CCCN3C(=O)/C=C/c3cnc[nH]3)nc(C)n2)s1. The van der Waals surface area contributed by atoms with E-state index in [2.05, 4.69) is 35.5 Å². The van der Waals surface area contributed by atoms with Crippen LogP contribution in [0.25, 0.3) is 6.08 Å². The van der Waals surface area contributed by atoms with E-state index in [1.807, 2.05) is 24.8 Å². The van der Waals surface area contributed by atoms with E-state index in [1.54, 1.807) is 24.7 Å². The fourth-order valence-corrected chi connectivity index (χ4v) is 4.02. The van der Waals surface area contributed by atoms with E-state index >= 15 is 0 Å². The highest BCUT2D eigenvalue weighted by Gasteiger charge is 2.30. The van der Waals surface area contributed by atoms with Crippen molar-refractivity contribution in [1.82, 2.24) is 35.0 Å². The summed E-state index contributed by atoms with van der Waals surface area (Å²) in [5.41, 5.74) is 1.63. The van der Waals surface area contributed by atoms with Crippen LogP contribution in [0.15, 0.2) is 24.7 Å². The van der Waals surface area contributed by atoms with Crippen LogP contribution < -0.4 is 5.32 Å². The van der Waals surface area contributed by atoms with Crippen LogP contribution in [0.5, 0.6) is 0 Å². The minimum Gasteiger partial charge on any atom is -0.345 e. The first-order chi connectivity index (χ1) is 14.1. The molecule has 1 amide bonds. The minimum atomic E-state index is -0.0724. The molecule has 1 fully saturated rings. The van der Waals surface area contributed by atoms with Gasteiger partial charge in [0, 0.05) is 18.7 Å². The Morgan fingerprint density at radius 2 is 2.31 bits per heavy atom. The maximum Gasteiger partial charge on any atom is 0.247 e. The maximum atomic E-state index is 12.8. The predicted octanol–water partition coefficient (Wildman–Crippen LogP) is 3.04. The highest BCUT2D eigenvalue weighted by Crippen LogP contribution is 2.32. The third-order valence-electron chi connectivity index (χ3n) is 4.66. The summed E-state index contributed by atoms with van der Waals surface area (Å²) < 4.78 is 0. The lowest BCUT2D eigenvalue weighted by Gasteiger charge is -2.23. The Kier molecular flexibility index (Phi) is 5.61. The number of nitrogens with one attached hydrogen (secondary N) is 2. The molecule has 4 heterocycles. The van der Waals surface area contributed by atoms with Crippen molar-refractivity contribution in [2.45, 2.75) is 39.2 Å². The largest absolute Gasteiger partial charge is 0.345 e. The molecule has 0 unspecified atom stereocenters. The molecule has 10 heteroatoms. The maximum absolute atomic E-state index is 12.8. The Morgan fingerprint density at radius 1 is 1.41 bits per heavy atom.